The fourth-order valence-corrected chi connectivity index (χ4v) is 4.24. The van der Waals surface area contributed by atoms with Crippen LogP contribution in [0.3, 0.4) is 0 Å². The summed E-state index contributed by atoms with van der Waals surface area (Å²) in [5.74, 6) is -1.66. The molecule has 0 spiro atoms. The minimum absolute atomic E-state index is 0.0903. The Labute approximate surface area is 193 Å². The first kappa shape index (κ1) is 21.2. The van der Waals surface area contributed by atoms with Crippen LogP contribution in [0, 0.1) is 0 Å². The van der Waals surface area contributed by atoms with Gasteiger partial charge in [0, 0.05) is 29.3 Å². The molecule has 9 nitrogen and oxygen atoms in total. The van der Waals surface area contributed by atoms with Gasteiger partial charge in [0.05, 0.1) is 5.39 Å². The van der Waals surface area contributed by atoms with E-state index in [1.165, 1.54) is 6.21 Å². The number of aliphatic imine (C=N–C) groups is 1. The highest BCUT2D eigenvalue weighted by Crippen LogP contribution is 2.41. The van der Waals surface area contributed by atoms with E-state index in [1.54, 1.807) is 24.3 Å². The van der Waals surface area contributed by atoms with Crippen LogP contribution in [0.15, 0.2) is 65.7 Å². The number of aromatic nitrogens is 1. The summed E-state index contributed by atoms with van der Waals surface area (Å²) in [6.45, 7) is 0. The number of urea groups is 1. The summed E-state index contributed by atoms with van der Waals surface area (Å²) < 4.78 is 1.10. The van der Waals surface area contributed by atoms with Crippen LogP contribution in [0.4, 0.5) is 10.5 Å². The molecule has 0 bridgehead atoms. The van der Waals surface area contributed by atoms with E-state index in [-0.39, 0.29) is 30.0 Å². The predicted octanol–water partition coefficient (Wildman–Crippen LogP) is 3.83. The Bertz CT molecular complexity index is 1500. The Morgan fingerprint density at radius 3 is 2.62 bits per heavy atom. The summed E-state index contributed by atoms with van der Waals surface area (Å²) in [5, 5.41) is 29.0. The molecule has 0 aliphatic carbocycles. The van der Waals surface area contributed by atoms with E-state index in [0.717, 1.165) is 15.3 Å². The fraction of sp³-hybridized carbons (Fsp3) is 0.120. The number of rotatable bonds is 3. The summed E-state index contributed by atoms with van der Waals surface area (Å²) in [4.78, 5) is 40.1. The lowest BCUT2D eigenvalue weighted by Gasteiger charge is -2.23. The monoisotopic (exact) mass is 456 g/mol. The van der Waals surface area contributed by atoms with Gasteiger partial charge in [-0.05, 0) is 35.4 Å². The SMILES string of the molecule is O=C1CCC(n2c(O)c3cccc(C=NC(=O)Nc4ccc5ccccc5c4)c3c2O)C(=O)N1. The largest absolute Gasteiger partial charge is 0.494 e. The molecule has 1 aliphatic rings. The van der Waals surface area contributed by atoms with Gasteiger partial charge in [0.1, 0.15) is 6.04 Å². The summed E-state index contributed by atoms with van der Waals surface area (Å²) in [5.41, 5.74) is 0.966. The van der Waals surface area contributed by atoms with Crippen LogP contribution in [0.2, 0.25) is 0 Å². The van der Waals surface area contributed by atoms with Crippen molar-refractivity contribution in [1.82, 2.24) is 9.88 Å². The highest BCUT2D eigenvalue weighted by molar-refractivity contribution is 6.09. The van der Waals surface area contributed by atoms with Gasteiger partial charge in [-0.3, -0.25) is 19.5 Å². The third-order valence-electron chi connectivity index (χ3n) is 5.86. The first-order chi connectivity index (χ1) is 16.4. The third-order valence-corrected chi connectivity index (χ3v) is 5.86. The van der Waals surface area contributed by atoms with E-state index in [4.69, 9.17) is 0 Å². The molecule has 1 unspecified atom stereocenters. The van der Waals surface area contributed by atoms with E-state index >= 15 is 0 Å². The molecule has 3 aromatic carbocycles. The van der Waals surface area contributed by atoms with E-state index < -0.39 is 23.9 Å². The summed E-state index contributed by atoms with van der Waals surface area (Å²) >= 11 is 0. The van der Waals surface area contributed by atoms with Crippen molar-refractivity contribution in [2.24, 2.45) is 4.99 Å². The first-order valence-corrected chi connectivity index (χ1v) is 10.6. The number of nitrogens with one attached hydrogen (secondary N) is 2. The van der Waals surface area contributed by atoms with Gasteiger partial charge >= 0.3 is 6.03 Å². The molecule has 9 heteroatoms. The molecule has 170 valence electrons. The summed E-state index contributed by atoms with van der Waals surface area (Å²) in [6, 6.07) is 16.6. The van der Waals surface area contributed by atoms with Crippen molar-refractivity contribution in [3.63, 3.8) is 0 Å². The second-order valence-corrected chi connectivity index (χ2v) is 8.00. The van der Waals surface area contributed by atoms with Gasteiger partial charge in [0.2, 0.25) is 23.6 Å². The predicted molar refractivity (Wildman–Crippen MR) is 127 cm³/mol. The molecule has 2 heterocycles. The Kier molecular flexibility index (Phi) is 5.21. The Morgan fingerprint density at radius 1 is 1.03 bits per heavy atom. The van der Waals surface area contributed by atoms with Gasteiger partial charge in [0.15, 0.2) is 0 Å². The number of hydrogen-bond acceptors (Lipinski definition) is 5. The number of piperidine rings is 1. The summed E-state index contributed by atoms with van der Waals surface area (Å²) in [7, 11) is 0. The van der Waals surface area contributed by atoms with E-state index in [9.17, 15) is 24.6 Å². The number of fused-ring (bicyclic) bond motifs is 2. The zero-order chi connectivity index (χ0) is 23.8. The number of imide groups is 1. The number of aromatic hydroxyl groups is 2. The normalized spacial score (nSPS) is 16.3. The molecular formula is C25H20N4O5. The number of amides is 4. The molecule has 5 rings (SSSR count). The molecule has 0 radical (unpaired) electrons. The molecule has 1 saturated heterocycles. The van der Waals surface area contributed by atoms with Crippen molar-refractivity contribution >= 4 is 51.3 Å². The van der Waals surface area contributed by atoms with E-state index in [0.29, 0.717) is 16.6 Å². The smallest absolute Gasteiger partial charge is 0.345 e. The highest BCUT2D eigenvalue weighted by atomic mass is 16.3. The molecule has 1 aliphatic heterocycles. The van der Waals surface area contributed by atoms with Gasteiger partial charge in [-0.2, -0.15) is 0 Å². The van der Waals surface area contributed by atoms with Crippen LogP contribution in [0.25, 0.3) is 21.5 Å². The molecule has 34 heavy (non-hydrogen) atoms. The standard InChI is InChI=1S/C25H20N4O5/c30-20-11-10-19(22(31)28-20)29-23(32)18-7-3-6-16(21(18)24(29)33)13-26-25(34)27-17-9-8-14-4-1-2-5-15(14)12-17/h1-9,12-13,19,32-33H,10-11H2,(H,27,34)(H,28,30,31). The molecule has 1 atom stereocenters. The van der Waals surface area contributed by atoms with Crippen LogP contribution in [-0.4, -0.2) is 38.8 Å². The van der Waals surface area contributed by atoms with Crippen molar-refractivity contribution in [1.29, 1.82) is 0 Å². The maximum atomic E-state index is 12.4. The van der Waals surface area contributed by atoms with Crippen molar-refractivity contribution in [2.75, 3.05) is 5.32 Å². The molecule has 4 aromatic rings. The molecule has 1 fully saturated rings. The van der Waals surface area contributed by atoms with Crippen LogP contribution in [0.1, 0.15) is 24.4 Å². The topological polar surface area (TPSA) is 133 Å². The number of hydrogen-bond donors (Lipinski definition) is 4. The maximum Gasteiger partial charge on any atom is 0.345 e. The number of carbonyl (C=O) groups is 3. The average Bonchev–Trinajstić information content (AvgIpc) is 3.08. The number of nitrogens with zero attached hydrogens (tertiary/aromatic N) is 2. The fourth-order valence-electron chi connectivity index (χ4n) is 4.24. The minimum atomic E-state index is -0.939. The zero-order valence-electron chi connectivity index (χ0n) is 17.9. The highest BCUT2D eigenvalue weighted by Gasteiger charge is 2.33. The van der Waals surface area contributed by atoms with Gasteiger partial charge in [0.25, 0.3) is 0 Å². The lowest BCUT2D eigenvalue weighted by atomic mass is 10.1. The van der Waals surface area contributed by atoms with Gasteiger partial charge in [-0.25, -0.2) is 9.79 Å². The Balaban J connectivity index is 1.43. The zero-order valence-corrected chi connectivity index (χ0v) is 17.9. The number of benzene rings is 3. The molecule has 4 N–H and O–H groups in total. The summed E-state index contributed by atoms with van der Waals surface area (Å²) in [6.07, 6.45) is 1.52. The van der Waals surface area contributed by atoms with Crippen LogP contribution in [0.5, 0.6) is 11.8 Å². The van der Waals surface area contributed by atoms with Crippen molar-refractivity contribution in [2.45, 2.75) is 18.9 Å². The van der Waals surface area contributed by atoms with Crippen molar-refractivity contribution in [3.8, 4) is 11.8 Å². The lowest BCUT2D eigenvalue weighted by molar-refractivity contribution is -0.135. The Hall–Kier alpha value is -4.66. The minimum Gasteiger partial charge on any atom is -0.494 e. The van der Waals surface area contributed by atoms with Crippen molar-refractivity contribution in [3.05, 3.63) is 66.2 Å². The first-order valence-electron chi connectivity index (χ1n) is 10.6. The van der Waals surface area contributed by atoms with Gasteiger partial charge in [-0.15, -0.1) is 0 Å². The number of carbonyl (C=O) groups excluding carboxylic acids is 3. The van der Waals surface area contributed by atoms with Crippen molar-refractivity contribution < 1.29 is 24.6 Å². The number of anilines is 1. The molecule has 4 amide bonds. The van der Waals surface area contributed by atoms with Crippen LogP contribution in [-0.2, 0) is 9.59 Å². The van der Waals surface area contributed by atoms with Crippen LogP contribution >= 0.6 is 0 Å². The average molecular weight is 456 g/mol. The van der Waals surface area contributed by atoms with E-state index in [1.807, 2.05) is 36.4 Å². The van der Waals surface area contributed by atoms with E-state index in [2.05, 4.69) is 15.6 Å². The quantitative estimate of drug-likeness (QED) is 0.275. The molecular weight excluding hydrogens is 436 g/mol. The maximum absolute atomic E-state index is 12.4. The second kappa shape index (κ2) is 8.36. The molecule has 0 saturated carbocycles. The van der Waals surface area contributed by atoms with Crippen LogP contribution < -0.4 is 10.6 Å². The lowest BCUT2D eigenvalue weighted by Crippen LogP contribution is -2.41. The molecule has 1 aromatic heterocycles. The van der Waals surface area contributed by atoms with Gasteiger partial charge in [-0.1, -0.05) is 42.5 Å². The van der Waals surface area contributed by atoms with Gasteiger partial charge < -0.3 is 15.5 Å². The third kappa shape index (κ3) is 3.73. The Morgan fingerprint density at radius 2 is 1.82 bits per heavy atom. The second-order valence-electron chi connectivity index (χ2n) is 8.00.